The van der Waals surface area contributed by atoms with E-state index >= 15 is 0 Å². The van der Waals surface area contributed by atoms with Gasteiger partial charge in [0.15, 0.2) is 23.9 Å². The van der Waals surface area contributed by atoms with Crippen LogP contribution in [0.5, 0.6) is 11.5 Å². The lowest BCUT2D eigenvalue weighted by atomic mass is 10.1. The summed E-state index contributed by atoms with van der Waals surface area (Å²) in [5.41, 5.74) is 3.15. The van der Waals surface area contributed by atoms with Crippen LogP contribution in [-0.2, 0) is 4.74 Å². The van der Waals surface area contributed by atoms with Gasteiger partial charge >= 0.3 is 5.97 Å². The molecule has 1 aromatic heterocycles. The predicted molar refractivity (Wildman–Crippen MR) is 105 cm³/mol. The van der Waals surface area contributed by atoms with Crippen molar-refractivity contribution in [1.82, 2.24) is 4.98 Å². The Morgan fingerprint density at radius 3 is 2.39 bits per heavy atom. The Morgan fingerprint density at radius 1 is 0.929 bits per heavy atom. The third kappa shape index (κ3) is 3.96. The highest BCUT2D eigenvalue weighted by molar-refractivity contribution is 6.00. The number of fused-ring (bicyclic) bond motifs is 1. The van der Waals surface area contributed by atoms with Crippen molar-refractivity contribution in [2.24, 2.45) is 0 Å². The lowest BCUT2D eigenvalue weighted by molar-refractivity contribution is 0.0473. The quantitative estimate of drug-likeness (QED) is 0.478. The zero-order valence-corrected chi connectivity index (χ0v) is 16.2. The molecule has 0 saturated carbocycles. The highest BCUT2D eigenvalue weighted by atomic mass is 16.5. The molecule has 0 aliphatic heterocycles. The molecule has 0 N–H and O–H groups in total. The molecule has 1 heterocycles. The van der Waals surface area contributed by atoms with E-state index in [0.29, 0.717) is 28.3 Å². The molecule has 0 bridgehead atoms. The molecule has 144 valence electrons. The van der Waals surface area contributed by atoms with Crippen molar-refractivity contribution in [1.29, 1.82) is 0 Å². The second kappa shape index (κ2) is 8.08. The number of esters is 1. The number of pyridine rings is 1. The Labute approximate surface area is 163 Å². The summed E-state index contributed by atoms with van der Waals surface area (Å²) in [4.78, 5) is 29.3. The van der Waals surface area contributed by atoms with Gasteiger partial charge in [-0.1, -0.05) is 11.6 Å². The summed E-state index contributed by atoms with van der Waals surface area (Å²) < 4.78 is 15.6. The van der Waals surface area contributed by atoms with E-state index in [-0.39, 0.29) is 12.4 Å². The fourth-order valence-corrected chi connectivity index (χ4v) is 2.90. The molecule has 0 saturated heterocycles. The van der Waals surface area contributed by atoms with Crippen LogP contribution in [-0.4, -0.2) is 37.6 Å². The Kier molecular flexibility index (Phi) is 5.59. The largest absolute Gasteiger partial charge is 0.493 e. The Morgan fingerprint density at radius 2 is 1.68 bits per heavy atom. The van der Waals surface area contributed by atoms with Crippen LogP contribution in [0.3, 0.4) is 0 Å². The molecule has 6 nitrogen and oxygen atoms in total. The number of benzene rings is 2. The fourth-order valence-electron chi connectivity index (χ4n) is 2.90. The zero-order chi connectivity index (χ0) is 20.3. The van der Waals surface area contributed by atoms with Crippen LogP contribution in [0.1, 0.15) is 32.0 Å². The fraction of sp³-hybridized carbons (Fsp3) is 0.227. The van der Waals surface area contributed by atoms with E-state index < -0.39 is 5.97 Å². The molecule has 2 aromatic carbocycles. The van der Waals surface area contributed by atoms with Crippen molar-refractivity contribution in [2.75, 3.05) is 20.8 Å². The maximum absolute atomic E-state index is 12.5. The van der Waals surface area contributed by atoms with Gasteiger partial charge in [0, 0.05) is 10.9 Å². The number of carbonyl (C=O) groups excluding carboxylic acids is 2. The molecule has 0 atom stereocenters. The van der Waals surface area contributed by atoms with Crippen molar-refractivity contribution in [2.45, 2.75) is 13.8 Å². The minimum Gasteiger partial charge on any atom is -0.493 e. The van der Waals surface area contributed by atoms with Crippen LogP contribution < -0.4 is 9.47 Å². The van der Waals surface area contributed by atoms with Crippen LogP contribution >= 0.6 is 0 Å². The van der Waals surface area contributed by atoms with E-state index in [1.165, 1.54) is 14.2 Å². The first-order valence-corrected chi connectivity index (χ1v) is 8.73. The van der Waals surface area contributed by atoms with Crippen LogP contribution in [0.15, 0.2) is 42.5 Å². The minimum atomic E-state index is -0.581. The number of rotatable bonds is 6. The van der Waals surface area contributed by atoms with E-state index in [0.717, 1.165) is 16.5 Å². The van der Waals surface area contributed by atoms with E-state index in [1.54, 1.807) is 31.2 Å². The van der Waals surface area contributed by atoms with Gasteiger partial charge < -0.3 is 14.2 Å². The highest BCUT2D eigenvalue weighted by Gasteiger charge is 2.17. The Hall–Kier alpha value is -3.41. The van der Waals surface area contributed by atoms with E-state index in [9.17, 15) is 9.59 Å². The van der Waals surface area contributed by atoms with Crippen LogP contribution in [0.2, 0.25) is 0 Å². The maximum atomic E-state index is 12.5. The molecule has 3 rings (SSSR count). The van der Waals surface area contributed by atoms with Crippen molar-refractivity contribution < 1.29 is 23.8 Å². The second-order valence-corrected chi connectivity index (χ2v) is 6.39. The molecule has 0 fully saturated rings. The standard InChI is InChI=1S/C22H21NO5/c1-13-5-7-18-16(9-13)10-17(14(2)23-18)22(25)28-12-19(24)15-6-8-20(26-3)21(11-15)27-4/h5-11H,12H2,1-4H3. The smallest absolute Gasteiger partial charge is 0.340 e. The first kappa shape index (κ1) is 19.4. The maximum Gasteiger partial charge on any atom is 0.340 e. The molecular weight excluding hydrogens is 358 g/mol. The number of aromatic nitrogens is 1. The van der Waals surface area contributed by atoms with Crippen LogP contribution in [0.25, 0.3) is 10.9 Å². The normalized spacial score (nSPS) is 10.6. The summed E-state index contributed by atoms with van der Waals surface area (Å²) in [6.45, 7) is 3.34. The van der Waals surface area contributed by atoms with Gasteiger partial charge in [-0.2, -0.15) is 0 Å². The number of ketones is 1. The van der Waals surface area contributed by atoms with Crippen LogP contribution in [0.4, 0.5) is 0 Å². The Bertz CT molecular complexity index is 1060. The van der Waals surface area contributed by atoms with Gasteiger partial charge in [-0.25, -0.2) is 4.79 Å². The minimum absolute atomic E-state index is 0.337. The predicted octanol–water partition coefficient (Wildman–Crippen LogP) is 3.91. The molecule has 28 heavy (non-hydrogen) atoms. The van der Waals surface area contributed by atoms with Crippen LogP contribution in [0, 0.1) is 13.8 Å². The van der Waals surface area contributed by atoms with Gasteiger partial charge in [0.05, 0.1) is 31.0 Å². The van der Waals surface area contributed by atoms with Crippen molar-refractivity contribution >= 4 is 22.7 Å². The van der Waals surface area contributed by atoms with Gasteiger partial charge in [0.2, 0.25) is 0 Å². The van der Waals surface area contributed by atoms with Gasteiger partial charge in [-0.15, -0.1) is 0 Å². The zero-order valence-electron chi connectivity index (χ0n) is 16.2. The number of hydrogen-bond acceptors (Lipinski definition) is 6. The number of methoxy groups -OCH3 is 2. The Balaban J connectivity index is 1.76. The first-order chi connectivity index (χ1) is 13.4. The van der Waals surface area contributed by atoms with E-state index in [2.05, 4.69) is 4.98 Å². The molecule has 0 radical (unpaired) electrons. The molecule has 6 heteroatoms. The summed E-state index contributed by atoms with van der Waals surface area (Å²) >= 11 is 0. The summed E-state index contributed by atoms with van der Waals surface area (Å²) in [6, 6.07) is 12.4. The number of nitrogens with zero attached hydrogens (tertiary/aromatic N) is 1. The third-order valence-electron chi connectivity index (χ3n) is 4.42. The molecule has 0 amide bonds. The van der Waals surface area contributed by atoms with Gasteiger partial charge in [-0.05, 0) is 50.2 Å². The average molecular weight is 379 g/mol. The molecule has 0 spiro atoms. The molecule has 3 aromatic rings. The van der Waals surface area contributed by atoms with E-state index in [4.69, 9.17) is 14.2 Å². The number of hydrogen-bond donors (Lipinski definition) is 0. The van der Waals surface area contributed by atoms with Crippen molar-refractivity contribution in [3.05, 3.63) is 64.8 Å². The molecule has 0 unspecified atom stereocenters. The lowest BCUT2D eigenvalue weighted by Crippen LogP contribution is -2.15. The molecule has 0 aliphatic rings. The summed E-state index contributed by atoms with van der Waals surface area (Å²) in [7, 11) is 3.01. The van der Waals surface area contributed by atoms with Crippen molar-refractivity contribution in [3.63, 3.8) is 0 Å². The first-order valence-electron chi connectivity index (χ1n) is 8.73. The van der Waals surface area contributed by atoms with E-state index in [1.807, 2.05) is 25.1 Å². The second-order valence-electron chi connectivity index (χ2n) is 6.39. The summed E-state index contributed by atoms with van der Waals surface area (Å²) in [5, 5.41) is 0.851. The third-order valence-corrected chi connectivity index (χ3v) is 4.42. The SMILES string of the molecule is COc1ccc(C(=O)COC(=O)c2cc3cc(C)ccc3nc2C)cc1OC. The lowest BCUT2D eigenvalue weighted by Gasteiger charge is -2.10. The van der Waals surface area contributed by atoms with Crippen molar-refractivity contribution in [3.8, 4) is 11.5 Å². The topological polar surface area (TPSA) is 74.7 Å². The monoisotopic (exact) mass is 379 g/mol. The number of aryl methyl sites for hydroxylation is 2. The summed E-state index contributed by atoms with van der Waals surface area (Å²) in [5.74, 6) is 0.0348. The number of carbonyl (C=O) groups is 2. The van der Waals surface area contributed by atoms with Gasteiger partial charge in [-0.3, -0.25) is 9.78 Å². The van der Waals surface area contributed by atoms with Gasteiger partial charge in [0.1, 0.15) is 0 Å². The average Bonchev–Trinajstić information content (AvgIpc) is 2.70. The highest BCUT2D eigenvalue weighted by Crippen LogP contribution is 2.27. The molecule has 0 aliphatic carbocycles. The number of ether oxygens (including phenoxy) is 3. The number of Topliss-reactive ketones (excluding diaryl/α,β-unsaturated/α-hetero) is 1. The molecular formula is C22H21NO5. The summed E-state index contributed by atoms with van der Waals surface area (Å²) in [6.07, 6.45) is 0. The van der Waals surface area contributed by atoms with Gasteiger partial charge in [0.25, 0.3) is 0 Å².